The van der Waals surface area contributed by atoms with E-state index in [1.165, 1.54) is 5.56 Å². The first kappa shape index (κ1) is 13.4. The Morgan fingerprint density at radius 2 is 2.15 bits per heavy atom. The van der Waals surface area contributed by atoms with Crippen LogP contribution in [0.1, 0.15) is 24.8 Å². The van der Waals surface area contributed by atoms with Crippen LogP contribution in [0.25, 0.3) is 0 Å². The molecule has 3 rings (SSSR count). The highest BCUT2D eigenvalue weighted by molar-refractivity contribution is 5.83. The molecule has 0 saturated carbocycles. The molecule has 4 nitrogen and oxygen atoms in total. The van der Waals surface area contributed by atoms with Gasteiger partial charge >= 0.3 is 0 Å². The van der Waals surface area contributed by atoms with Crippen LogP contribution in [0, 0.1) is 5.92 Å². The molecule has 1 aromatic carbocycles. The van der Waals surface area contributed by atoms with Crippen molar-refractivity contribution in [1.29, 1.82) is 0 Å². The van der Waals surface area contributed by atoms with Gasteiger partial charge in [0.1, 0.15) is 5.75 Å². The SMILES string of the molecule is COc1ccc(CC2CC3(CN)CCCN3C2=O)cc1. The number of nitrogens with two attached hydrogens (primary N) is 1. The second-order valence-electron chi connectivity index (χ2n) is 5.98. The predicted octanol–water partition coefficient (Wildman–Crippen LogP) is 1.58. The van der Waals surface area contributed by atoms with Crippen LogP contribution in [0.4, 0.5) is 0 Å². The topological polar surface area (TPSA) is 55.6 Å². The van der Waals surface area contributed by atoms with Crippen LogP contribution in [0.15, 0.2) is 24.3 Å². The van der Waals surface area contributed by atoms with Gasteiger partial charge in [0.15, 0.2) is 0 Å². The summed E-state index contributed by atoms with van der Waals surface area (Å²) in [6.45, 7) is 1.48. The third-order valence-electron chi connectivity index (χ3n) is 4.86. The molecule has 0 spiro atoms. The number of fused-ring (bicyclic) bond motifs is 1. The Morgan fingerprint density at radius 3 is 2.75 bits per heavy atom. The molecule has 2 unspecified atom stereocenters. The van der Waals surface area contributed by atoms with Crippen molar-refractivity contribution < 1.29 is 9.53 Å². The Bertz CT molecular complexity index is 500. The van der Waals surface area contributed by atoms with Gasteiger partial charge in [-0.25, -0.2) is 0 Å². The van der Waals surface area contributed by atoms with Crippen LogP contribution in [0.5, 0.6) is 5.75 Å². The standard InChI is InChI=1S/C16H22N2O2/c1-20-14-5-3-12(4-6-14)9-13-10-16(11-17)7-2-8-18(16)15(13)19/h3-6,13H,2,7-11,17H2,1H3. The first-order chi connectivity index (χ1) is 9.68. The van der Waals surface area contributed by atoms with E-state index in [0.29, 0.717) is 12.5 Å². The fourth-order valence-corrected chi connectivity index (χ4v) is 3.76. The number of ether oxygens (including phenoxy) is 1. The Balaban J connectivity index is 1.73. The number of methoxy groups -OCH3 is 1. The average Bonchev–Trinajstić information content (AvgIpc) is 3.00. The fraction of sp³-hybridized carbons (Fsp3) is 0.562. The Morgan fingerprint density at radius 1 is 1.40 bits per heavy atom. The summed E-state index contributed by atoms with van der Waals surface area (Å²) in [5.74, 6) is 1.24. The first-order valence-corrected chi connectivity index (χ1v) is 7.33. The number of carbonyl (C=O) groups excluding carboxylic acids is 1. The number of carbonyl (C=O) groups is 1. The molecule has 0 bridgehead atoms. The third-order valence-corrected chi connectivity index (χ3v) is 4.86. The van der Waals surface area contributed by atoms with Crippen molar-refractivity contribution >= 4 is 5.91 Å². The molecule has 108 valence electrons. The predicted molar refractivity (Wildman–Crippen MR) is 77.5 cm³/mol. The van der Waals surface area contributed by atoms with Gasteiger partial charge in [-0.15, -0.1) is 0 Å². The van der Waals surface area contributed by atoms with Crippen LogP contribution in [-0.2, 0) is 11.2 Å². The number of amides is 1. The normalized spacial score (nSPS) is 28.8. The van der Waals surface area contributed by atoms with E-state index >= 15 is 0 Å². The number of benzene rings is 1. The smallest absolute Gasteiger partial charge is 0.226 e. The third kappa shape index (κ3) is 2.08. The minimum atomic E-state index is -0.0474. The molecule has 2 N–H and O–H groups in total. The van der Waals surface area contributed by atoms with E-state index in [1.807, 2.05) is 29.2 Å². The molecule has 0 aliphatic carbocycles. The van der Waals surface area contributed by atoms with Gasteiger partial charge in [-0.1, -0.05) is 12.1 Å². The second kappa shape index (κ2) is 5.09. The van der Waals surface area contributed by atoms with Crippen LogP contribution in [0.3, 0.4) is 0 Å². The molecule has 2 fully saturated rings. The molecule has 2 saturated heterocycles. The van der Waals surface area contributed by atoms with Crippen LogP contribution < -0.4 is 10.5 Å². The molecule has 20 heavy (non-hydrogen) atoms. The zero-order valence-electron chi connectivity index (χ0n) is 12.0. The minimum absolute atomic E-state index is 0.0474. The monoisotopic (exact) mass is 274 g/mol. The van der Waals surface area contributed by atoms with E-state index in [2.05, 4.69) is 0 Å². The molecule has 2 atom stereocenters. The van der Waals surface area contributed by atoms with Crippen LogP contribution in [0.2, 0.25) is 0 Å². The van der Waals surface area contributed by atoms with E-state index in [0.717, 1.165) is 38.0 Å². The summed E-state index contributed by atoms with van der Waals surface area (Å²) < 4.78 is 5.16. The van der Waals surface area contributed by atoms with Crippen molar-refractivity contribution in [2.24, 2.45) is 11.7 Å². The summed E-state index contributed by atoms with van der Waals surface area (Å²) in [5.41, 5.74) is 7.10. The molecule has 2 heterocycles. The maximum atomic E-state index is 12.5. The zero-order valence-corrected chi connectivity index (χ0v) is 12.0. The van der Waals surface area contributed by atoms with Gasteiger partial charge in [-0.05, 0) is 43.4 Å². The molecule has 0 radical (unpaired) electrons. The van der Waals surface area contributed by atoms with Crippen molar-refractivity contribution in [2.45, 2.75) is 31.2 Å². The number of hydrogen-bond donors (Lipinski definition) is 1. The maximum absolute atomic E-state index is 12.5. The van der Waals surface area contributed by atoms with Gasteiger partial charge in [-0.3, -0.25) is 4.79 Å². The molecule has 1 aromatic rings. The average molecular weight is 274 g/mol. The lowest BCUT2D eigenvalue weighted by molar-refractivity contribution is -0.132. The summed E-state index contributed by atoms with van der Waals surface area (Å²) in [5, 5.41) is 0. The van der Waals surface area contributed by atoms with E-state index < -0.39 is 0 Å². The van der Waals surface area contributed by atoms with E-state index in [1.54, 1.807) is 7.11 Å². The lowest BCUT2D eigenvalue weighted by Gasteiger charge is -2.30. The molecule has 0 aromatic heterocycles. The molecule has 2 aliphatic heterocycles. The minimum Gasteiger partial charge on any atom is -0.497 e. The molecular formula is C16H22N2O2. The summed E-state index contributed by atoms with van der Waals surface area (Å²) in [6.07, 6.45) is 3.88. The Kier molecular flexibility index (Phi) is 3.42. The molecular weight excluding hydrogens is 252 g/mol. The number of rotatable bonds is 4. The van der Waals surface area contributed by atoms with Crippen molar-refractivity contribution in [2.75, 3.05) is 20.2 Å². The molecule has 2 aliphatic rings. The van der Waals surface area contributed by atoms with Gasteiger partial charge in [0.05, 0.1) is 12.6 Å². The lowest BCUT2D eigenvalue weighted by atomic mass is 9.87. The maximum Gasteiger partial charge on any atom is 0.226 e. The summed E-state index contributed by atoms with van der Waals surface area (Å²) in [6, 6.07) is 8.00. The Hall–Kier alpha value is -1.55. The zero-order chi connectivity index (χ0) is 14.2. The van der Waals surface area contributed by atoms with Crippen LogP contribution >= 0.6 is 0 Å². The highest BCUT2D eigenvalue weighted by Crippen LogP contribution is 2.42. The number of hydrogen-bond acceptors (Lipinski definition) is 3. The Labute approximate surface area is 119 Å². The van der Waals surface area contributed by atoms with Gasteiger partial charge in [0.2, 0.25) is 5.91 Å². The highest BCUT2D eigenvalue weighted by atomic mass is 16.5. The van der Waals surface area contributed by atoms with E-state index in [4.69, 9.17) is 10.5 Å². The molecule has 1 amide bonds. The quantitative estimate of drug-likeness (QED) is 0.907. The van der Waals surface area contributed by atoms with Gasteiger partial charge in [0.25, 0.3) is 0 Å². The van der Waals surface area contributed by atoms with E-state index in [9.17, 15) is 4.79 Å². The van der Waals surface area contributed by atoms with Crippen LogP contribution in [-0.4, -0.2) is 36.5 Å². The fourth-order valence-electron chi connectivity index (χ4n) is 3.76. The van der Waals surface area contributed by atoms with Crippen molar-refractivity contribution in [3.63, 3.8) is 0 Å². The summed E-state index contributed by atoms with van der Waals surface area (Å²) >= 11 is 0. The van der Waals surface area contributed by atoms with Crippen molar-refractivity contribution in [1.82, 2.24) is 4.90 Å². The number of nitrogens with zero attached hydrogens (tertiary/aromatic N) is 1. The van der Waals surface area contributed by atoms with Gasteiger partial charge in [0, 0.05) is 19.0 Å². The second-order valence-corrected chi connectivity index (χ2v) is 5.98. The van der Waals surface area contributed by atoms with E-state index in [-0.39, 0.29) is 11.5 Å². The highest BCUT2D eigenvalue weighted by Gasteiger charge is 2.51. The van der Waals surface area contributed by atoms with Gasteiger partial charge < -0.3 is 15.4 Å². The largest absolute Gasteiger partial charge is 0.497 e. The summed E-state index contributed by atoms with van der Waals surface area (Å²) in [4.78, 5) is 14.6. The van der Waals surface area contributed by atoms with Crippen molar-refractivity contribution in [3.8, 4) is 5.75 Å². The summed E-state index contributed by atoms with van der Waals surface area (Å²) in [7, 11) is 1.66. The van der Waals surface area contributed by atoms with Gasteiger partial charge in [-0.2, -0.15) is 0 Å². The van der Waals surface area contributed by atoms with Crippen molar-refractivity contribution in [3.05, 3.63) is 29.8 Å². The lowest BCUT2D eigenvalue weighted by Crippen LogP contribution is -2.46. The first-order valence-electron chi connectivity index (χ1n) is 7.33. The molecule has 4 heteroatoms.